The largest absolute Gasteiger partial charge is 0.377 e. The molecule has 0 radical (unpaired) electrons. The zero-order valence-electron chi connectivity index (χ0n) is 15.7. The van der Waals surface area contributed by atoms with Crippen molar-refractivity contribution in [3.05, 3.63) is 34.4 Å². The number of benzene rings is 1. The second kappa shape index (κ2) is 9.14. The first-order valence-electron chi connectivity index (χ1n) is 9.58. The molecule has 0 aliphatic carbocycles. The van der Waals surface area contributed by atoms with E-state index in [2.05, 4.69) is 22.6 Å². The molecule has 1 unspecified atom stereocenters. The fourth-order valence-corrected chi connectivity index (χ4v) is 3.87. The summed E-state index contributed by atoms with van der Waals surface area (Å²) in [6, 6.07) is 6.54. The first-order chi connectivity index (χ1) is 13.0. The molecule has 2 saturated heterocycles. The Bertz CT molecular complexity index is 669. The van der Waals surface area contributed by atoms with Crippen LogP contribution in [0.15, 0.2) is 24.3 Å². The SMILES string of the molecule is CN1CCCC(CNC(=O)[C@@H]2CO[C@H](CNc3ccccc3[N+](=O)[O-])C2)C1. The Morgan fingerprint density at radius 1 is 1.37 bits per heavy atom. The standard InChI is InChI=1S/C19H28N4O4/c1-22-8-4-5-14(12-22)10-21-19(24)15-9-16(27-13-15)11-20-17-6-2-3-7-18(17)23(25)26/h2-3,6-7,14-16,20H,4-5,8-13H2,1H3,(H,21,24)/t14?,15-,16-/m0/s1. The lowest BCUT2D eigenvalue weighted by Gasteiger charge is -2.29. The number of piperidine rings is 1. The van der Waals surface area contributed by atoms with Gasteiger partial charge in [-0.3, -0.25) is 14.9 Å². The number of nitro groups is 1. The van der Waals surface area contributed by atoms with Gasteiger partial charge in [-0.2, -0.15) is 0 Å². The molecule has 0 spiro atoms. The number of nitrogens with one attached hydrogen (secondary N) is 2. The Balaban J connectivity index is 1.42. The fraction of sp³-hybridized carbons (Fsp3) is 0.632. The summed E-state index contributed by atoms with van der Waals surface area (Å²) in [7, 11) is 2.12. The first-order valence-corrected chi connectivity index (χ1v) is 9.58. The van der Waals surface area contributed by atoms with Crippen LogP contribution < -0.4 is 10.6 Å². The van der Waals surface area contributed by atoms with Crippen molar-refractivity contribution in [2.45, 2.75) is 25.4 Å². The number of hydrogen-bond donors (Lipinski definition) is 2. The molecule has 2 N–H and O–H groups in total. The molecule has 27 heavy (non-hydrogen) atoms. The molecule has 1 aromatic rings. The number of nitro benzene ring substituents is 1. The van der Waals surface area contributed by atoms with Crippen molar-refractivity contribution in [3.8, 4) is 0 Å². The van der Waals surface area contributed by atoms with Crippen LogP contribution in [0, 0.1) is 22.0 Å². The van der Waals surface area contributed by atoms with Crippen molar-refractivity contribution in [2.75, 3.05) is 45.2 Å². The summed E-state index contributed by atoms with van der Waals surface area (Å²) in [5.74, 6) is 0.423. The van der Waals surface area contributed by atoms with E-state index in [-0.39, 0.29) is 23.6 Å². The molecule has 2 aliphatic heterocycles. The minimum absolute atomic E-state index is 0.0437. The maximum atomic E-state index is 12.4. The highest BCUT2D eigenvalue weighted by atomic mass is 16.6. The number of rotatable bonds is 7. The van der Waals surface area contributed by atoms with E-state index in [1.165, 1.54) is 12.5 Å². The number of para-hydroxylation sites is 2. The second-order valence-electron chi connectivity index (χ2n) is 7.56. The van der Waals surface area contributed by atoms with Crippen molar-refractivity contribution in [2.24, 2.45) is 11.8 Å². The molecule has 2 fully saturated rings. The number of amides is 1. The van der Waals surface area contributed by atoms with Crippen LogP contribution in [0.1, 0.15) is 19.3 Å². The van der Waals surface area contributed by atoms with Gasteiger partial charge in [-0.15, -0.1) is 0 Å². The Morgan fingerprint density at radius 3 is 2.96 bits per heavy atom. The van der Waals surface area contributed by atoms with Crippen LogP contribution in [0.3, 0.4) is 0 Å². The summed E-state index contributed by atoms with van der Waals surface area (Å²) in [5.41, 5.74) is 0.516. The normalized spacial score (nSPS) is 25.9. The van der Waals surface area contributed by atoms with Gasteiger partial charge in [0, 0.05) is 25.7 Å². The van der Waals surface area contributed by atoms with Gasteiger partial charge < -0.3 is 20.3 Å². The molecule has 2 aliphatic rings. The van der Waals surface area contributed by atoms with Gasteiger partial charge in [0.2, 0.25) is 5.91 Å². The summed E-state index contributed by atoms with van der Waals surface area (Å²) >= 11 is 0. The van der Waals surface area contributed by atoms with Gasteiger partial charge in [-0.25, -0.2) is 0 Å². The van der Waals surface area contributed by atoms with Gasteiger partial charge in [0.1, 0.15) is 5.69 Å². The van der Waals surface area contributed by atoms with Gasteiger partial charge in [-0.1, -0.05) is 12.1 Å². The van der Waals surface area contributed by atoms with Crippen molar-refractivity contribution >= 4 is 17.3 Å². The molecule has 0 saturated carbocycles. The first kappa shape index (κ1) is 19.6. The molecule has 8 heteroatoms. The van der Waals surface area contributed by atoms with Gasteiger partial charge in [-0.05, 0) is 44.8 Å². The highest BCUT2D eigenvalue weighted by molar-refractivity contribution is 5.79. The minimum atomic E-state index is -0.406. The number of carbonyl (C=O) groups is 1. The number of ether oxygens (including phenoxy) is 1. The van der Waals surface area contributed by atoms with Gasteiger partial charge in [0.05, 0.1) is 23.6 Å². The predicted molar refractivity (Wildman–Crippen MR) is 103 cm³/mol. The molecule has 3 atom stereocenters. The quantitative estimate of drug-likeness (QED) is 0.557. The zero-order chi connectivity index (χ0) is 19.2. The van der Waals surface area contributed by atoms with E-state index in [4.69, 9.17) is 4.74 Å². The summed E-state index contributed by atoms with van der Waals surface area (Å²) in [5, 5.41) is 17.2. The Labute approximate surface area is 159 Å². The van der Waals surface area contributed by atoms with Crippen LogP contribution >= 0.6 is 0 Å². The molecule has 148 valence electrons. The maximum absolute atomic E-state index is 12.4. The Kier molecular flexibility index (Phi) is 6.63. The van der Waals surface area contributed by atoms with Crippen molar-refractivity contribution in [3.63, 3.8) is 0 Å². The molecular weight excluding hydrogens is 348 g/mol. The Morgan fingerprint density at radius 2 is 2.19 bits per heavy atom. The highest BCUT2D eigenvalue weighted by Crippen LogP contribution is 2.25. The topological polar surface area (TPSA) is 96.7 Å². The highest BCUT2D eigenvalue weighted by Gasteiger charge is 2.31. The number of anilines is 1. The maximum Gasteiger partial charge on any atom is 0.292 e. The number of carbonyl (C=O) groups excluding carboxylic acids is 1. The third-order valence-electron chi connectivity index (χ3n) is 5.36. The lowest BCUT2D eigenvalue weighted by molar-refractivity contribution is -0.384. The molecule has 0 aromatic heterocycles. The van der Waals surface area contributed by atoms with E-state index in [1.807, 2.05) is 0 Å². The fourth-order valence-electron chi connectivity index (χ4n) is 3.87. The molecule has 1 amide bonds. The number of likely N-dealkylation sites (tertiary alicyclic amines) is 1. The van der Waals surface area contributed by atoms with Crippen LogP contribution in [0.25, 0.3) is 0 Å². The van der Waals surface area contributed by atoms with E-state index in [0.29, 0.717) is 31.2 Å². The summed E-state index contributed by atoms with van der Waals surface area (Å²) in [6.07, 6.45) is 2.85. The minimum Gasteiger partial charge on any atom is -0.377 e. The second-order valence-corrected chi connectivity index (χ2v) is 7.56. The van der Waals surface area contributed by atoms with E-state index in [9.17, 15) is 14.9 Å². The van der Waals surface area contributed by atoms with Crippen molar-refractivity contribution in [1.29, 1.82) is 0 Å². The lowest BCUT2D eigenvalue weighted by atomic mass is 9.98. The molecule has 8 nitrogen and oxygen atoms in total. The van der Waals surface area contributed by atoms with Crippen LogP contribution in [-0.2, 0) is 9.53 Å². The summed E-state index contributed by atoms with van der Waals surface area (Å²) in [6.45, 7) is 3.74. The summed E-state index contributed by atoms with van der Waals surface area (Å²) < 4.78 is 5.72. The van der Waals surface area contributed by atoms with Crippen LogP contribution in [0.2, 0.25) is 0 Å². The van der Waals surface area contributed by atoms with Gasteiger partial charge in [0.15, 0.2) is 0 Å². The van der Waals surface area contributed by atoms with E-state index < -0.39 is 4.92 Å². The van der Waals surface area contributed by atoms with E-state index in [1.54, 1.807) is 18.2 Å². The predicted octanol–water partition coefficient (Wildman–Crippen LogP) is 1.87. The van der Waals surface area contributed by atoms with Crippen LogP contribution in [0.5, 0.6) is 0 Å². The van der Waals surface area contributed by atoms with Crippen molar-refractivity contribution < 1.29 is 14.5 Å². The van der Waals surface area contributed by atoms with Crippen LogP contribution in [0.4, 0.5) is 11.4 Å². The number of hydrogen-bond acceptors (Lipinski definition) is 6. The third-order valence-corrected chi connectivity index (χ3v) is 5.36. The molecule has 3 rings (SSSR count). The zero-order valence-corrected chi connectivity index (χ0v) is 15.7. The molecule has 2 heterocycles. The van der Waals surface area contributed by atoms with E-state index in [0.717, 1.165) is 26.1 Å². The molecule has 1 aromatic carbocycles. The monoisotopic (exact) mass is 376 g/mol. The third kappa shape index (κ3) is 5.40. The average molecular weight is 376 g/mol. The van der Waals surface area contributed by atoms with Crippen LogP contribution in [-0.4, -0.2) is 61.7 Å². The molecular formula is C19H28N4O4. The molecule has 0 bridgehead atoms. The Hall–Kier alpha value is -2.19. The van der Waals surface area contributed by atoms with E-state index >= 15 is 0 Å². The number of nitrogens with zero attached hydrogens (tertiary/aromatic N) is 2. The lowest BCUT2D eigenvalue weighted by Crippen LogP contribution is -2.41. The van der Waals surface area contributed by atoms with Gasteiger partial charge >= 0.3 is 0 Å². The van der Waals surface area contributed by atoms with Crippen molar-refractivity contribution in [1.82, 2.24) is 10.2 Å². The van der Waals surface area contributed by atoms with Gasteiger partial charge in [0.25, 0.3) is 5.69 Å². The average Bonchev–Trinajstić information content (AvgIpc) is 3.14. The summed E-state index contributed by atoms with van der Waals surface area (Å²) in [4.78, 5) is 25.4. The smallest absolute Gasteiger partial charge is 0.292 e.